The molecule has 0 saturated heterocycles. The van der Waals surface area contributed by atoms with Gasteiger partial charge < -0.3 is 0 Å². The summed E-state index contributed by atoms with van der Waals surface area (Å²) >= 11 is 1.42. The van der Waals surface area contributed by atoms with E-state index in [-0.39, 0.29) is 5.56 Å². The molecule has 19 heavy (non-hydrogen) atoms. The summed E-state index contributed by atoms with van der Waals surface area (Å²) in [7, 11) is 0. The lowest BCUT2D eigenvalue weighted by Crippen LogP contribution is -2.16. The smallest absolute Gasteiger partial charge is 0.285 e. The summed E-state index contributed by atoms with van der Waals surface area (Å²) in [6.45, 7) is 2.05. The number of aromatic amines is 1. The number of hydrogen-bond acceptors (Lipinski definition) is 4. The topological polar surface area (TPSA) is 63.6 Å². The normalized spacial score (nSPS) is 16.5. The summed E-state index contributed by atoms with van der Waals surface area (Å²) in [4.78, 5) is 20.8. The molecule has 1 aliphatic carbocycles. The molecule has 1 saturated carbocycles. The predicted molar refractivity (Wildman–Crippen MR) is 75.9 cm³/mol. The summed E-state index contributed by atoms with van der Waals surface area (Å²) in [6.07, 6.45) is 7.53. The third kappa shape index (κ3) is 2.08. The van der Waals surface area contributed by atoms with Gasteiger partial charge in [-0.2, -0.15) is 4.98 Å². The molecule has 102 valence electrons. The Balaban J connectivity index is 2.20. The number of nitrogens with zero attached hydrogens (tertiary/aromatic N) is 3. The van der Waals surface area contributed by atoms with E-state index in [4.69, 9.17) is 0 Å². The number of hydrogen-bond donors (Lipinski definition) is 1. The zero-order chi connectivity index (χ0) is 13.4. The van der Waals surface area contributed by atoms with E-state index < -0.39 is 0 Å². The standard InChI is InChI=1S/C13H18N4OS/c1-3-9-10-11(14-13(19-2)15-12(10)18)17(16-9)8-6-4-5-7-8/h8,16H,3-7H2,1-2H3. The van der Waals surface area contributed by atoms with Crippen LogP contribution in [0.15, 0.2) is 9.95 Å². The fraction of sp³-hybridized carbons (Fsp3) is 0.615. The Hall–Kier alpha value is -1.30. The fourth-order valence-electron chi connectivity index (χ4n) is 2.88. The lowest BCUT2D eigenvalue weighted by Gasteiger charge is -2.13. The Kier molecular flexibility index (Phi) is 3.35. The van der Waals surface area contributed by atoms with Crippen molar-refractivity contribution in [2.24, 2.45) is 0 Å². The first-order valence-corrected chi connectivity index (χ1v) is 8.02. The zero-order valence-corrected chi connectivity index (χ0v) is 12.1. The van der Waals surface area contributed by atoms with Crippen molar-refractivity contribution in [1.82, 2.24) is 19.7 Å². The van der Waals surface area contributed by atoms with Gasteiger partial charge in [0.1, 0.15) is 5.56 Å². The van der Waals surface area contributed by atoms with E-state index in [1.807, 2.05) is 13.2 Å². The Labute approximate surface area is 116 Å². The zero-order valence-electron chi connectivity index (χ0n) is 11.3. The lowest BCUT2D eigenvalue weighted by molar-refractivity contribution is 0.463. The van der Waals surface area contributed by atoms with Crippen LogP contribution in [0.2, 0.25) is 0 Å². The maximum absolute atomic E-state index is 12.2. The van der Waals surface area contributed by atoms with Crippen molar-refractivity contribution >= 4 is 11.8 Å². The van der Waals surface area contributed by atoms with Crippen LogP contribution in [0, 0.1) is 0 Å². The van der Waals surface area contributed by atoms with Gasteiger partial charge in [0.2, 0.25) is 0 Å². The molecule has 1 fully saturated rings. The van der Waals surface area contributed by atoms with Crippen molar-refractivity contribution in [2.75, 3.05) is 6.26 Å². The van der Waals surface area contributed by atoms with Crippen LogP contribution in [0.4, 0.5) is 0 Å². The minimum absolute atomic E-state index is 0.154. The molecule has 6 heteroatoms. The molecule has 0 aromatic rings. The largest absolute Gasteiger partial charge is 0.300 e. The van der Waals surface area contributed by atoms with Crippen LogP contribution in [-0.2, 0) is 6.42 Å². The Bertz CT molecular complexity index is 612. The van der Waals surface area contributed by atoms with E-state index in [1.54, 1.807) is 0 Å². The average molecular weight is 278 g/mol. The number of rotatable bonds is 3. The van der Waals surface area contributed by atoms with Gasteiger partial charge in [-0.15, -0.1) is 0 Å². The molecular weight excluding hydrogens is 260 g/mol. The second-order valence-corrected chi connectivity index (χ2v) is 5.74. The molecule has 2 aliphatic heterocycles. The van der Waals surface area contributed by atoms with Gasteiger partial charge in [0.25, 0.3) is 5.56 Å². The van der Waals surface area contributed by atoms with Crippen LogP contribution in [0.5, 0.6) is 0 Å². The number of aromatic nitrogens is 4. The van der Waals surface area contributed by atoms with Crippen LogP contribution >= 0.6 is 11.8 Å². The number of fused-ring (bicyclic) bond motifs is 1. The van der Waals surface area contributed by atoms with Crippen molar-refractivity contribution in [3.05, 3.63) is 16.0 Å². The molecular formula is C13H18N4OS. The van der Waals surface area contributed by atoms with Gasteiger partial charge in [-0.05, 0) is 25.5 Å². The van der Waals surface area contributed by atoms with E-state index >= 15 is 0 Å². The minimum Gasteiger partial charge on any atom is -0.300 e. The van der Waals surface area contributed by atoms with Gasteiger partial charge >= 0.3 is 0 Å². The summed E-state index contributed by atoms with van der Waals surface area (Å²) in [5, 5.41) is 3.94. The molecule has 3 aliphatic rings. The Morgan fingerprint density at radius 3 is 2.74 bits per heavy atom. The van der Waals surface area contributed by atoms with Crippen LogP contribution in [0.25, 0.3) is 11.4 Å². The van der Waals surface area contributed by atoms with E-state index in [1.165, 1.54) is 24.6 Å². The molecule has 0 spiro atoms. The highest BCUT2D eigenvalue weighted by molar-refractivity contribution is 7.98. The van der Waals surface area contributed by atoms with Crippen molar-refractivity contribution in [2.45, 2.75) is 50.2 Å². The first kappa shape index (κ1) is 12.7. The van der Waals surface area contributed by atoms with E-state index in [0.29, 0.717) is 16.8 Å². The number of nitrogens with one attached hydrogen (secondary N) is 1. The van der Waals surface area contributed by atoms with E-state index in [9.17, 15) is 4.79 Å². The van der Waals surface area contributed by atoms with Gasteiger partial charge in [-0.3, -0.25) is 14.6 Å². The molecule has 0 radical (unpaired) electrons. The van der Waals surface area contributed by atoms with Gasteiger partial charge in [-0.25, -0.2) is 4.98 Å². The number of aryl methyl sites for hydroxylation is 1. The highest BCUT2D eigenvalue weighted by Crippen LogP contribution is 2.34. The SMILES string of the molecule is CCc1[nH]n(C2CCCC2)c2nc(SC)nc(=O)c1-2. The minimum atomic E-state index is -0.154. The van der Waals surface area contributed by atoms with Gasteiger partial charge in [-0.1, -0.05) is 31.5 Å². The van der Waals surface area contributed by atoms with E-state index in [2.05, 4.69) is 19.7 Å². The average Bonchev–Trinajstić information content (AvgIpc) is 3.04. The molecule has 5 nitrogen and oxygen atoms in total. The highest BCUT2D eigenvalue weighted by atomic mass is 32.2. The third-order valence-electron chi connectivity index (χ3n) is 3.85. The van der Waals surface area contributed by atoms with Crippen LogP contribution in [0.1, 0.15) is 44.3 Å². The van der Waals surface area contributed by atoms with Gasteiger partial charge in [0.05, 0.1) is 6.04 Å². The van der Waals surface area contributed by atoms with Crippen molar-refractivity contribution < 1.29 is 0 Å². The maximum atomic E-state index is 12.2. The summed E-state index contributed by atoms with van der Waals surface area (Å²) in [5.74, 6) is 0.785. The highest BCUT2D eigenvalue weighted by Gasteiger charge is 2.27. The molecule has 0 unspecified atom stereocenters. The molecule has 0 aromatic heterocycles. The quantitative estimate of drug-likeness (QED) is 0.692. The van der Waals surface area contributed by atoms with Crippen LogP contribution in [-0.4, -0.2) is 26.0 Å². The maximum Gasteiger partial charge on any atom is 0.285 e. The monoisotopic (exact) mass is 278 g/mol. The molecule has 1 N–H and O–H groups in total. The summed E-state index contributed by atoms with van der Waals surface area (Å²) < 4.78 is 2.10. The van der Waals surface area contributed by atoms with Crippen LogP contribution in [0.3, 0.4) is 0 Å². The second kappa shape index (κ2) is 5.00. The van der Waals surface area contributed by atoms with Crippen molar-refractivity contribution in [1.29, 1.82) is 0 Å². The molecule has 2 heterocycles. The second-order valence-electron chi connectivity index (χ2n) is 4.97. The number of thioether (sulfide) groups is 1. The third-order valence-corrected chi connectivity index (χ3v) is 4.40. The molecule has 0 aromatic carbocycles. The Morgan fingerprint density at radius 1 is 1.37 bits per heavy atom. The molecule has 0 bridgehead atoms. The fourth-order valence-corrected chi connectivity index (χ4v) is 3.23. The lowest BCUT2D eigenvalue weighted by atomic mass is 10.2. The molecule has 0 atom stereocenters. The molecule has 3 rings (SSSR count). The van der Waals surface area contributed by atoms with E-state index in [0.717, 1.165) is 30.8 Å². The Morgan fingerprint density at radius 2 is 2.11 bits per heavy atom. The first-order valence-electron chi connectivity index (χ1n) is 6.79. The van der Waals surface area contributed by atoms with Gasteiger partial charge in [0.15, 0.2) is 11.0 Å². The van der Waals surface area contributed by atoms with Crippen molar-refractivity contribution in [3.63, 3.8) is 0 Å². The summed E-state index contributed by atoms with van der Waals surface area (Å²) in [6, 6.07) is 0.451. The van der Waals surface area contributed by atoms with Crippen LogP contribution < -0.4 is 5.56 Å². The summed E-state index contributed by atoms with van der Waals surface area (Å²) in [5.41, 5.74) is 1.48. The molecule has 0 amide bonds. The predicted octanol–water partition coefficient (Wildman–Crippen LogP) is 2.47. The number of H-pyrrole nitrogens is 1. The van der Waals surface area contributed by atoms with Crippen molar-refractivity contribution in [3.8, 4) is 11.4 Å². The first-order chi connectivity index (χ1) is 9.24. The van der Waals surface area contributed by atoms with Gasteiger partial charge in [0, 0.05) is 5.69 Å².